The van der Waals surface area contributed by atoms with Crippen molar-refractivity contribution in [2.45, 2.75) is 51.7 Å². The molecule has 2 nitrogen and oxygen atoms in total. The second kappa shape index (κ2) is 2.89. The SMILES string of the molecule is [14CH3]C([14CH3])(O)CCC([14CH3])([14CH3])O. The van der Waals surface area contributed by atoms with Crippen LogP contribution in [0.15, 0.2) is 0 Å². The zero-order valence-corrected chi connectivity index (χ0v) is 7.31. The fraction of sp³-hybridized carbons (Fsp3) is 1.00. The summed E-state index contributed by atoms with van der Waals surface area (Å²) in [7, 11) is 0. The van der Waals surface area contributed by atoms with Gasteiger partial charge in [-0.05, 0) is 40.5 Å². The largest absolute Gasteiger partial charge is 0.390 e. The Kier molecular flexibility index (Phi) is 2.86. The maximum absolute atomic E-state index is 9.27. The summed E-state index contributed by atoms with van der Waals surface area (Å²) in [5.41, 5.74) is -1.31. The minimum atomic E-state index is -0.653. The average Bonchev–Trinajstić information content (AvgIpc) is 1.57. The first-order chi connectivity index (χ1) is 4.21. The predicted molar refractivity (Wildman–Crippen MR) is 41.8 cm³/mol. The number of hydrogen-bond acceptors (Lipinski definition) is 2. The summed E-state index contributed by atoms with van der Waals surface area (Å²) >= 11 is 0. The molecule has 0 heterocycles. The molecule has 2 heteroatoms. The highest BCUT2D eigenvalue weighted by Crippen LogP contribution is 2.17. The van der Waals surface area contributed by atoms with Gasteiger partial charge in [0.25, 0.3) is 0 Å². The summed E-state index contributed by atoms with van der Waals surface area (Å²) in [4.78, 5) is 0. The van der Waals surface area contributed by atoms with E-state index in [-0.39, 0.29) is 0 Å². The lowest BCUT2D eigenvalue weighted by molar-refractivity contribution is 0.0169. The highest BCUT2D eigenvalue weighted by Gasteiger charge is 2.19. The molecule has 0 rings (SSSR count). The van der Waals surface area contributed by atoms with Crippen LogP contribution in [-0.2, 0) is 0 Å². The highest BCUT2D eigenvalue weighted by molar-refractivity contribution is 4.72. The van der Waals surface area contributed by atoms with E-state index in [4.69, 9.17) is 0 Å². The molecular weight excluding hydrogens is 136 g/mol. The van der Waals surface area contributed by atoms with Crippen molar-refractivity contribution in [1.82, 2.24) is 0 Å². The van der Waals surface area contributed by atoms with Crippen molar-refractivity contribution in [3.05, 3.63) is 0 Å². The zero-order valence-electron chi connectivity index (χ0n) is 7.31. The van der Waals surface area contributed by atoms with Gasteiger partial charge in [0.1, 0.15) is 0 Å². The normalized spacial score (nSPS) is 13.8. The fourth-order valence-corrected chi connectivity index (χ4v) is 0.612. The topological polar surface area (TPSA) is 40.5 Å². The van der Waals surface area contributed by atoms with Crippen molar-refractivity contribution in [2.75, 3.05) is 0 Å². The van der Waals surface area contributed by atoms with Crippen LogP contribution in [0.25, 0.3) is 0 Å². The van der Waals surface area contributed by atoms with Crippen LogP contribution in [0.5, 0.6) is 0 Å². The molecule has 0 aliphatic rings. The molecule has 62 valence electrons. The van der Waals surface area contributed by atoms with Crippen molar-refractivity contribution in [3.63, 3.8) is 0 Å². The number of aliphatic hydroxyl groups is 2. The molecular formula is C8H18O2. The lowest BCUT2D eigenvalue weighted by atomic mass is 10.2. The molecule has 0 saturated carbocycles. The van der Waals surface area contributed by atoms with E-state index in [0.29, 0.717) is 12.8 Å². The van der Waals surface area contributed by atoms with Crippen molar-refractivity contribution >= 4 is 0 Å². The van der Waals surface area contributed by atoms with Crippen molar-refractivity contribution in [2.24, 2.45) is 0 Å². The van der Waals surface area contributed by atoms with E-state index in [9.17, 15) is 10.2 Å². The molecule has 0 aliphatic carbocycles. The first kappa shape index (κ1) is 9.92. The van der Waals surface area contributed by atoms with Gasteiger partial charge in [-0.15, -0.1) is 0 Å². The molecule has 0 saturated heterocycles. The lowest BCUT2D eigenvalue weighted by Gasteiger charge is -2.23. The molecule has 0 aromatic rings. The van der Waals surface area contributed by atoms with Gasteiger partial charge in [-0.2, -0.15) is 0 Å². The molecule has 0 unspecified atom stereocenters. The van der Waals surface area contributed by atoms with E-state index in [2.05, 4.69) is 0 Å². The third-order valence-corrected chi connectivity index (χ3v) is 1.35. The Hall–Kier alpha value is -0.0800. The van der Waals surface area contributed by atoms with Crippen LogP contribution in [-0.4, -0.2) is 21.4 Å². The summed E-state index contributed by atoms with van der Waals surface area (Å²) in [6, 6.07) is 0. The van der Waals surface area contributed by atoms with Gasteiger partial charge in [0.2, 0.25) is 0 Å². The Bertz CT molecular complexity index is 80.8. The maximum atomic E-state index is 9.27. The Balaban J connectivity index is 3.56. The molecule has 2 N–H and O–H groups in total. The Morgan fingerprint density at radius 2 is 1.00 bits per heavy atom. The molecule has 10 heavy (non-hydrogen) atoms. The van der Waals surface area contributed by atoms with Gasteiger partial charge < -0.3 is 10.2 Å². The Morgan fingerprint density at radius 1 is 0.800 bits per heavy atom. The third-order valence-electron chi connectivity index (χ3n) is 1.35. The quantitative estimate of drug-likeness (QED) is 0.643. The fourth-order valence-electron chi connectivity index (χ4n) is 0.612. The van der Waals surface area contributed by atoms with Crippen LogP contribution in [0.1, 0.15) is 40.5 Å². The van der Waals surface area contributed by atoms with E-state index in [0.717, 1.165) is 0 Å². The van der Waals surface area contributed by atoms with Crippen molar-refractivity contribution < 1.29 is 10.2 Å². The highest BCUT2D eigenvalue weighted by atomic mass is 16.3. The van der Waals surface area contributed by atoms with Gasteiger partial charge in [-0.25, -0.2) is 0 Å². The van der Waals surface area contributed by atoms with Crippen LogP contribution in [0, 0.1) is 0 Å². The molecule has 0 fully saturated rings. The molecule has 0 bridgehead atoms. The van der Waals surface area contributed by atoms with Crippen LogP contribution < -0.4 is 0 Å². The second-order valence-electron chi connectivity index (χ2n) is 4.12. The predicted octanol–water partition coefficient (Wildman–Crippen LogP) is 1.31. The first-order valence-corrected chi connectivity index (χ1v) is 3.65. The monoisotopic (exact) mass is 154 g/mol. The minimum Gasteiger partial charge on any atom is -0.390 e. The second-order valence-corrected chi connectivity index (χ2v) is 4.12. The van der Waals surface area contributed by atoms with Crippen molar-refractivity contribution in [3.8, 4) is 0 Å². The van der Waals surface area contributed by atoms with E-state index < -0.39 is 11.2 Å². The lowest BCUT2D eigenvalue weighted by Crippen LogP contribution is -2.26. The molecule has 0 radical (unpaired) electrons. The Labute approximate surface area is 62.9 Å². The Morgan fingerprint density at radius 3 is 1.10 bits per heavy atom. The van der Waals surface area contributed by atoms with E-state index in [1.807, 2.05) is 0 Å². The van der Waals surface area contributed by atoms with Gasteiger partial charge in [-0.1, -0.05) is 0 Å². The smallest absolute Gasteiger partial charge is 0.0592 e. The van der Waals surface area contributed by atoms with Crippen LogP contribution in [0.2, 0.25) is 0 Å². The van der Waals surface area contributed by atoms with E-state index >= 15 is 0 Å². The summed E-state index contributed by atoms with van der Waals surface area (Å²) < 4.78 is 0. The summed E-state index contributed by atoms with van der Waals surface area (Å²) in [6.07, 6.45) is 1.27. The maximum Gasteiger partial charge on any atom is 0.0592 e. The zero-order chi connectivity index (χ0) is 8.41. The minimum absolute atomic E-state index is 0.635. The van der Waals surface area contributed by atoms with Gasteiger partial charge in [0.15, 0.2) is 0 Å². The van der Waals surface area contributed by atoms with Crippen LogP contribution >= 0.6 is 0 Å². The van der Waals surface area contributed by atoms with Gasteiger partial charge in [-0.3, -0.25) is 0 Å². The number of rotatable bonds is 3. The average molecular weight is 154 g/mol. The molecule has 0 spiro atoms. The summed E-state index contributed by atoms with van der Waals surface area (Å²) in [5, 5.41) is 18.5. The molecule has 0 atom stereocenters. The van der Waals surface area contributed by atoms with Gasteiger partial charge in [0, 0.05) is 0 Å². The number of hydrogen-bond donors (Lipinski definition) is 2. The standard InChI is InChI=1S/C8H18O2/c1-7(2,9)5-6-8(3,4)10/h9-10H,5-6H2,1-4H3/i1+2,2+2,3+2,4+2. The molecule has 0 aromatic heterocycles. The molecule has 0 aliphatic heterocycles. The van der Waals surface area contributed by atoms with Crippen LogP contribution in [0.3, 0.4) is 0 Å². The van der Waals surface area contributed by atoms with E-state index in [1.165, 1.54) is 0 Å². The van der Waals surface area contributed by atoms with Crippen LogP contribution in [0.4, 0.5) is 0 Å². The molecule has 0 aromatic carbocycles. The summed E-state index contributed by atoms with van der Waals surface area (Å²) in [5.74, 6) is 0. The van der Waals surface area contributed by atoms with E-state index in [1.54, 1.807) is 27.7 Å². The third kappa shape index (κ3) is 7.92. The van der Waals surface area contributed by atoms with Crippen molar-refractivity contribution in [1.29, 1.82) is 0 Å². The van der Waals surface area contributed by atoms with Gasteiger partial charge in [0.05, 0.1) is 11.2 Å². The van der Waals surface area contributed by atoms with Gasteiger partial charge >= 0.3 is 0 Å². The molecule has 0 amide bonds. The summed E-state index contributed by atoms with van der Waals surface area (Å²) in [6.45, 7) is 7.00. The first-order valence-electron chi connectivity index (χ1n) is 3.65.